The van der Waals surface area contributed by atoms with E-state index < -0.39 is 5.97 Å². The molecule has 1 aromatic carbocycles. The Morgan fingerprint density at radius 2 is 1.64 bits per heavy atom. The van der Waals surface area contributed by atoms with Crippen molar-refractivity contribution in [1.82, 2.24) is 4.90 Å². The number of carbonyl (C=O) groups is 3. The van der Waals surface area contributed by atoms with Crippen molar-refractivity contribution in [2.45, 2.75) is 19.4 Å². The lowest BCUT2D eigenvalue weighted by atomic mass is 9.85. The summed E-state index contributed by atoms with van der Waals surface area (Å²) < 4.78 is 5.14. The molecule has 1 saturated heterocycles. The van der Waals surface area contributed by atoms with Gasteiger partial charge in [0.1, 0.15) is 13.2 Å². The van der Waals surface area contributed by atoms with Gasteiger partial charge in [-0.15, -0.1) is 0 Å². The number of ether oxygens (including phenoxy) is 1. The second kappa shape index (κ2) is 6.13. The fourth-order valence-corrected chi connectivity index (χ4v) is 2.94. The average Bonchev–Trinajstić information content (AvgIpc) is 2.79. The van der Waals surface area contributed by atoms with Crippen LogP contribution in [0.15, 0.2) is 42.5 Å². The van der Waals surface area contributed by atoms with E-state index in [1.165, 1.54) is 0 Å². The topological polar surface area (TPSA) is 63.7 Å². The Balaban J connectivity index is 1.57. The first kappa shape index (κ1) is 14.5. The second-order valence-electron chi connectivity index (χ2n) is 5.56. The molecule has 2 aliphatic rings. The van der Waals surface area contributed by atoms with Gasteiger partial charge < -0.3 is 4.74 Å². The molecular formula is C17H17NO4. The Bertz CT molecular complexity index is 597. The van der Waals surface area contributed by atoms with Crippen molar-refractivity contribution in [1.29, 1.82) is 0 Å². The molecule has 1 aliphatic carbocycles. The molecule has 1 fully saturated rings. The van der Waals surface area contributed by atoms with E-state index in [1.807, 2.05) is 42.5 Å². The molecular weight excluding hydrogens is 282 g/mol. The van der Waals surface area contributed by atoms with Crippen LogP contribution in [-0.4, -0.2) is 29.2 Å². The van der Waals surface area contributed by atoms with Crippen molar-refractivity contribution in [3.63, 3.8) is 0 Å². The molecule has 22 heavy (non-hydrogen) atoms. The van der Waals surface area contributed by atoms with Gasteiger partial charge in [0.25, 0.3) is 0 Å². The van der Waals surface area contributed by atoms with Crippen LogP contribution in [0.2, 0.25) is 0 Å². The highest BCUT2D eigenvalue weighted by Crippen LogP contribution is 2.34. The van der Waals surface area contributed by atoms with Gasteiger partial charge in [-0.05, 0) is 18.4 Å². The van der Waals surface area contributed by atoms with Crippen molar-refractivity contribution >= 4 is 17.8 Å². The normalized spacial score (nSPS) is 23.5. The molecule has 0 N–H and O–H groups in total. The number of hydrogen-bond donors (Lipinski definition) is 0. The largest absolute Gasteiger partial charge is 0.459 e. The number of carbonyl (C=O) groups excluding carboxylic acids is 3. The maximum atomic E-state index is 12.2. The molecule has 0 bridgehead atoms. The van der Waals surface area contributed by atoms with Gasteiger partial charge in [0, 0.05) is 0 Å². The highest BCUT2D eigenvalue weighted by atomic mass is 16.5. The molecule has 0 radical (unpaired) electrons. The van der Waals surface area contributed by atoms with Crippen LogP contribution in [0, 0.1) is 11.8 Å². The van der Waals surface area contributed by atoms with E-state index in [-0.39, 0.29) is 36.8 Å². The van der Waals surface area contributed by atoms with Crippen LogP contribution in [0.5, 0.6) is 0 Å². The molecule has 3 rings (SSSR count). The predicted molar refractivity (Wildman–Crippen MR) is 78.3 cm³/mol. The third kappa shape index (κ3) is 2.79. The Labute approximate surface area is 128 Å². The maximum Gasteiger partial charge on any atom is 0.326 e. The van der Waals surface area contributed by atoms with Crippen LogP contribution in [0.4, 0.5) is 0 Å². The summed E-state index contributed by atoms with van der Waals surface area (Å²) in [7, 11) is 0. The molecule has 2 amide bonds. The number of nitrogens with zero attached hydrogens (tertiary/aromatic N) is 1. The first-order valence-corrected chi connectivity index (χ1v) is 7.36. The molecule has 1 aliphatic heterocycles. The Morgan fingerprint density at radius 3 is 2.23 bits per heavy atom. The Hall–Kier alpha value is -2.43. The number of likely N-dealkylation sites (tertiary alicyclic amines) is 1. The minimum Gasteiger partial charge on any atom is -0.459 e. The number of amides is 2. The van der Waals surface area contributed by atoms with E-state index in [4.69, 9.17) is 4.74 Å². The number of allylic oxidation sites excluding steroid dienone is 2. The van der Waals surface area contributed by atoms with Gasteiger partial charge in [-0.2, -0.15) is 0 Å². The molecule has 5 nitrogen and oxygen atoms in total. The molecule has 0 saturated carbocycles. The number of benzene rings is 1. The van der Waals surface area contributed by atoms with E-state index in [1.54, 1.807) is 0 Å². The standard InChI is InChI=1S/C17H17NO4/c19-15(22-11-12-6-2-1-3-7-12)10-18-16(20)13-8-4-5-9-14(13)17(18)21/h1-7,13-14H,8-11H2/t13-,14-/m0/s1. The summed E-state index contributed by atoms with van der Waals surface area (Å²) in [5, 5.41) is 0. The van der Waals surface area contributed by atoms with Gasteiger partial charge in [-0.25, -0.2) is 0 Å². The van der Waals surface area contributed by atoms with Crippen molar-refractivity contribution in [2.75, 3.05) is 6.54 Å². The lowest BCUT2D eigenvalue weighted by molar-refractivity contribution is -0.153. The maximum absolute atomic E-state index is 12.2. The lowest BCUT2D eigenvalue weighted by Gasteiger charge is -2.14. The molecule has 0 unspecified atom stereocenters. The number of fused-ring (bicyclic) bond motifs is 1. The second-order valence-corrected chi connectivity index (χ2v) is 5.56. The molecule has 114 valence electrons. The van der Waals surface area contributed by atoms with Crippen LogP contribution >= 0.6 is 0 Å². The van der Waals surface area contributed by atoms with Crippen LogP contribution in [0.1, 0.15) is 18.4 Å². The molecule has 2 atom stereocenters. The monoisotopic (exact) mass is 299 g/mol. The fourth-order valence-electron chi connectivity index (χ4n) is 2.94. The first-order chi connectivity index (χ1) is 10.7. The van der Waals surface area contributed by atoms with Crippen LogP contribution < -0.4 is 0 Å². The smallest absolute Gasteiger partial charge is 0.326 e. The van der Waals surface area contributed by atoms with E-state index in [0.717, 1.165) is 10.5 Å². The molecule has 1 heterocycles. The molecule has 5 heteroatoms. The summed E-state index contributed by atoms with van der Waals surface area (Å²) in [5.41, 5.74) is 0.868. The zero-order valence-corrected chi connectivity index (χ0v) is 12.1. The zero-order valence-electron chi connectivity index (χ0n) is 12.1. The summed E-state index contributed by atoms with van der Waals surface area (Å²) in [6, 6.07) is 9.28. The molecule has 0 spiro atoms. The van der Waals surface area contributed by atoms with Crippen LogP contribution in [0.25, 0.3) is 0 Å². The number of esters is 1. The summed E-state index contributed by atoms with van der Waals surface area (Å²) >= 11 is 0. The van der Waals surface area contributed by atoms with Gasteiger partial charge >= 0.3 is 5.97 Å². The van der Waals surface area contributed by atoms with Gasteiger partial charge in [0.15, 0.2) is 0 Å². The zero-order chi connectivity index (χ0) is 15.5. The van der Waals surface area contributed by atoms with E-state index in [2.05, 4.69) is 0 Å². The van der Waals surface area contributed by atoms with E-state index >= 15 is 0 Å². The Kier molecular flexibility index (Phi) is 4.04. The Morgan fingerprint density at radius 1 is 1.05 bits per heavy atom. The molecule has 1 aromatic rings. The minimum absolute atomic E-state index is 0.143. The SMILES string of the molecule is O=C(CN1C(=O)[C@H]2CC=CC[C@@H]2C1=O)OCc1ccccc1. The van der Waals surface area contributed by atoms with Crippen molar-refractivity contribution in [3.8, 4) is 0 Å². The minimum atomic E-state index is -0.558. The average molecular weight is 299 g/mol. The van der Waals surface area contributed by atoms with Gasteiger partial charge in [-0.3, -0.25) is 19.3 Å². The highest BCUT2D eigenvalue weighted by Gasteiger charge is 2.47. The quantitative estimate of drug-likeness (QED) is 0.482. The summed E-state index contributed by atoms with van der Waals surface area (Å²) in [6.07, 6.45) is 4.99. The predicted octanol–water partition coefficient (Wildman–Crippen LogP) is 1.68. The third-order valence-corrected chi connectivity index (χ3v) is 4.13. The lowest BCUT2D eigenvalue weighted by Crippen LogP contribution is -2.36. The first-order valence-electron chi connectivity index (χ1n) is 7.36. The van der Waals surface area contributed by atoms with E-state index in [9.17, 15) is 14.4 Å². The summed E-state index contributed by atoms with van der Waals surface area (Å²) in [5.74, 6) is -1.68. The number of hydrogen-bond acceptors (Lipinski definition) is 4. The number of rotatable bonds is 4. The van der Waals surface area contributed by atoms with E-state index in [0.29, 0.717) is 12.8 Å². The number of imide groups is 1. The third-order valence-electron chi connectivity index (χ3n) is 4.13. The van der Waals surface area contributed by atoms with Gasteiger partial charge in [-0.1, -0.05) is 42.5 Å². The highest BCUT2D eigenvalue weighted by molar-refractivity contribution is 6.07. The fraction of sp³-hybridized carbons (Fsp3) is 0.353. The van der Waals surface area contributed by atoms with Gasteiger partial charge in [0.05, 0.1) is 11.8 Å². The van der Waals surface area contributed by atoms with Crippen molar-refractivity contribution in [3.05, 3.63) is 48.0 Å². The summed E-state index contributed by atoms with van der Waals surface area (Å²) in [4.78, 5) is 37.4. The van der Waals surface area contributed by atoms with Crippen molar-refractivity contribution in [2.24, 2.45) is 11.8 Å². The van der Waals surface area contributed by atoms with Crippen LogP contribution in [0.3, 0.4) is 0 Å². The molecule has 0 aromatic heterocycles. The van der Waals surface area contributed by atoms with Crippen LogP contribution in [-0.2, 0) is 25.7 Å². The van der Waals surface area contributed by atoms with Crippen molar-refractivity contribution < 1.29 is 19.1 Å². The summed E-state index contributed by atoms with van der Waals surface area (Å²) in [6.45, 7) is -0.151. The van der Waals surface area contributed by atoms with Gasteiger partial charge in [0.2, 0.25) is 11.8 Å².